The molecule has 2 aliphatic rings. The molecule has 0 saturated heterocycles. The maximum atomic E-state index is 13.6. The smallest absolute Gasteiger partial charge is 0.240 e. The molecule has 1 saturated carbocycles. The Morgan fingerprint density at radius 1 is 0.975 bits per heavy atom. The van der Waals surface area contributed by atoms with Crippen LogP contribution >= 0.6 is 12.4 Å². The van der Waals surface area contributed by atoms with E-state index in [-0.39, 0.29) is 24.3 Å². The highest BCUT2D eigenvalue weighted by molar-refractivity contribution is 7.89. The zero-order valence-corrected chi connectivity index (χ0v) is 23.6. The SMILES string of the molecule is Cl.O=S(=O)(NC1CC1)c1ccc(CCN2CC=C(c3c[nH]c(-c4ccc(F)cc4)c3-c3ccncc3)CC2)cc1. The van der Waals surface area contributed by atoms with Crippen LogP contribution < -0.4 is 4.72 Å². The Balaban J connectivity index is 0.00000323. The molecule has 1 aliphatic heterocycles. The van der Waals surface area contributed by atoms with Crippen molar-refractivity contribution in [3.05, 3.63) is 102 Å². The van der Waals surface area contributed by atoms with Gasteiger partial charge in [-0.15, -0.1) is 12.4 Å². The molecule has 2 N–H and O–H groups in total. The second-order valence-electron chi connectivity index (χ2n) is 10.3. The van der Waals surface area contributed by atoms with E-state index in [1.807, 2.05) is 24.3 Å². The summed E-state index contributed by atoms with van der Waals surface area (Å²) in [6.07, 6.45) is 11.6. The van der Waals surface area contributed by atoms with E-state index >= 15 is 0 Å². The van der Waals surface area contributed by atoms with Gasteiger partial charge in [-0.2, -0.15) is 0 Å². The number of nitrogens with zero attached hydrogens (tertiary/aromatic N) is 2. The maximum Gasteiger partial charge on any atom is 0.240 e. The monoisotopic (exact) mass is 578 g/mol. The van der Waals surface area contributed by atoms with Crippen molar-refractivity contribution in [2.45, 2.75) is 36.6 Å². The predicted octanol–water partition coefficient (Wildman–Crippen LogP) is 6.08. The molecule has 208 valence electrons. The van der Waals surface area contributed by atoms with Gasteiger partial charge in [0.2, 0.25) is 10.0 Å². The van der Waals surface area contributed by atoms with Crippen LogP contribution in [0.15, 0.2) is 90.2 Å². The van der Waals surface area contributed by atoms with Crippen molar-refractivity contribution in [3.8, 4) is 22.4 Å². The van der Waals surface area contributed by atoms with Crippen molar-refractivity contribution in [3.63, 3.8) is 0 Å². The topological polar surface area (TPSA) is 78.1 Å². The largest absolute Gasteiger partial charge is 0.360 e. The lowest BCUT2D eigenvalue weighted by Crippen LogP contribution is -2.30. The highest BCUT2D eigenvalue weighted by Gasteiger charge is 2.28. The summed E-state index contributed by atoms with van der Waals surface area (Å²) in [5.74, 6) is -0.252. The number of aromatic amines is 1. The molecule has 9 heteroatoms. The molecule has 0 amide bonds. The third kappa shape index (κ3) is 6.36. The van der Waals surface area contributed by atoms with Crippen molar-refractivity contribution < 1.29 is 12.8 Å². The molecule has 2 aromatic carbocycles. The zero-order chi connectivity index (χ0) is 26.8. The van der Waals surface area contributed by atoms with Crippen LogP contribution in [0.1, 0.15) is 30.4 Å². The Bertz CT molecular complexity index is 1580. The third-order valence-corrected chi connectivity index (χ3v) is 9.01. The van der Waals surface area contributed by atoms with Gasteiger partial charge in [-0.05, 0) is 96.5 Å². The molecular weight excluding hydrogens is 547 g/mol. The number of hydrogen-bond acceptors (Lipinski definition) is 4. The van der Waals surface area contributed by atoms with Gasteiger partial charge in [0, 0.05) is 55.4 Å². The molecule has 40 heavy (non-hydrogen) atoms. The van der Waals surface area contributed by atoms with E-state index in [4.69, 9.17) is 0 Å². The number of rotatable bonds is 9. The molecule has 0 spiro atoms. The van der Waals surface area contributed by atoms with Gasteiger partial charge in [0.05, 0.1) is 10.6 Å². The molecule has 3 heterocycles. The van der Waals surface area contributed by atoms with Crippen molar-refractivity contribution in [1.82, 2.24) is 19.6 Å². The lowest BCUT2D eigenvalue weighted by atomic mass is 9.92. The first kappa shape index (κ1) is 28.2. The number of aromatic nitrogens is 2. The molecule has 0 atom stereocenters. The van der Waals surface area contributed by atoms with Crippen LogP contribution in [0, 0.1) is 5.82 Å². The van der Waals surface area contributed by atoms with Crippen molar-refractivity contribution in [2.24, 2.45) is 0 Å². The first-order chi connectivity index (χ1) is 19.0. The Kier molecular flexibility index (Phi) is 8.51. The van der Waals surface area contributed by atoms with Crippen molar-refractivity contribution >= 4 is 28.0 Å². The molecular formula is C31H32ClFN4O2S. The molecule has 1 fully saturated rings. The number of nitrogens with one attached hydrogen (secondary N) is 2. The van der Waals surface area contributed by atoms with E-state index in [0.29, 0.717) is 4.90 Å². The second kappa shape index (κ2) is 12.1. The summed E-state index contributed by atoms with van der Waals surface area (Å²) in [6.45, 7) is 2.69. The van der Waals surface area contributed by atoms with Gasteiger partial charge in [-0.1, -0.05) is 18.2 Å². The number of sulfonamides is 1. The lowest BCUT2D eigenvalue weighted by molar-refractivity contribution is 0.306. The highest BCUT2D eigenvalue weighted by Crippen LogP contribution is 2.39. The van der Waals surface area contributed by atoms with E-state index in [0.717, 1.165) is 78.8 Å². The Morgan fingerprint density at radius 3 is 2.35 bits per heavy atom. The average molecular weight is 579 g/mol. The Morgan fingerprint density at radius 2 is 1.70 bits per heavy atom. The van der Waals surface area contributed by atoms with Crippen molar-refractivity contribution in [1.29, 1.82) is 0 Å². The minimum atomic E-state index is -3.41. The summed E-state index contributed by atoms with van der Waals surface area (Å²) in [7, 11) is -3.41. The Labute approximate surface area is 240 Å². The van der Waals surface area contributed by atoms with Crippen molar-refractivity contribution in [2.75, 3.05) is 19.6 Å². The van der Waals surface area contributed by atoms with Crippen LogP contribution in [0.2, 0.25) is 0 Å². The average Bonchev–Trinajstić information content (AvgIpc) is 3.66. The van der Waals surface area contributed by atoms with Crippen LogP contribution in [0.25, 0.3) is 28.0 Å². The highest BCUT2D eigenvalue weighted by atomic mass is 35.5. The summed E-state index contributed by atoms with van der Waals surface area (Å²) in [6, 6.07) is 18.0. The number of hydrogen-bond donors (Lipinski definition) is 2. The van der Waals surface area contributed by atoms with E-state index in [9.17, 15) is 12.8 Å². The lowest BCUT2D eigenvalue weighted by Gasteiger charge is -2.26. The minimum Gasteiger partial charge on any atom is -0.360 e. The molecule has 0 bridgehead atoms. The van der Waals surface area contributed by atoms with Crippen LogP contribution in [0.3, 0.4) is 0 Å². The van der Waals surface area contributed by atoms with E-state index in [2.05, 4.69) is 31.9 Å². The molecule has 6 rings (SSSR count). The summed E-state index contributed by atoms with van der Waals surface area (Å²) in [4.78, 5) is 10.4. The molecule has 0 radical (unpaired) electrons. The van der Waals surface area contributed by atoms with Gasteiger partial charge in [0.1, 0.15) is 5.82 Å². The first-order valence-corrected chi connectivity index (χ1v) is 14.9. The third-order valence-electron chi connectivity index (χ3n) is 7.47. The van der Waals surface area contributed by atoms with E-state index in [1.54, 1.807) is 36.7 Å². The summed E-state index contributed by atoms with van der Waals surface area (Å²) in [5, 5.41) is 0. The minimum absolute atomic E-state index is 0. The van der Waals surface area contributed by atoms with Gasteiger partial charge in [-0.25, -0.2) is 17.5 Å². The summed E-state index contributed by atoms with van der Waals surface area (Å²) < 4.78 is 41.1. The van der Waals surface area contributed by atoms with E-state index in [1.165, 1.54) is 17.7 Å². The van der Waals surface area contributed by atoms with E-state index < -0.39 is 10.0 Å². The van der Waals surface area contributed by atoms with Crippen LogP contribution in [-0.2, 0) is 16.4 Å². The Hall–Kier alpha value is -3.30. The fourth-order valence-corrected chi connectivity index (χ4v) is 6.41. The number of pyridine rings is 1. The zero-order valence-electron chi connectivity index (χ0n) is 22.0. The van der Waals surface area contributed by atoms with Crippen LogP contribution in [-0.4, -0.2) is 49.0 Å². The number of halogens is 2. The van der Waals surface area contributed by atoms with Gasteiger partial charge in [0.15, 0.2) is 0 Å². The number of H-pyrrole nitrogens is 1. The van der Waals surface area contributed by atoms with Crippen LogP contribution in [0.5, 0.6) is 0 Å². The fourth-order valence-electron chi connectivity index (χ4n) is 5.11. The first-order valence-electron chi connectivity index (χ1n) is 13.4. The molecule has 2 aromatic heterocycles. The van der Waals surface area contributed by atoms with Crippen LogP contribution in [0.4, 0.5) is 4.39 Å². The maximum absolute atomic E-state index is 13.6. The molecule has 6 nitrogen and oxygen atoms in total. The number of benzene rings is 2. The molecule has 4 aromatic rings. The van der Waals surface area contributed by atoms with Gasteiger partial charge >= 0.3 is 0 Å². The normalized spacial score (nSPS) is 15.9. The molecule has 0 unspecified atom stereocenters. The quantitative estimate of drug-likeness (QED) is 0.252. The van der Waals surface area contributed by atoms with Gasteiger partial charge in [0.25, 0.3) is 0 Å². The molecule has 1 aliphatic carbocycles. The summed E-state index contributed by atoms with van der Waals surface area (Å²) >= 11 is 0. The summed E-state index contributed by atoms with van der Waals surface area (Å²) in [5.41, 5.74) is 7.67. The second-order valence-corrected chi connectivity index (χ2v) is 12.0. The standard InChI is InChI=1S/C31H31FN4O2S.ClH/c32-26-5-3-25(4-6-26)31-30(24-11-16-33-17-12-24)29(21-34-31)23-14-19-36(20-15-23)18-13-22-1-9-28(10-2-22)39(37,38)35-27-7-8-27;/h1-6,9-12,14,16-17,21,27,34-35H,7-8,13,15,18-20H2;1H. The fraction of sp³-hybridized carbons (Fsp3) is 0.258. The van der Waals surface area contributed by atoms with Gasteiger partial charge < -0.3 is 4.98 Å². The predicted molar refractivity (Wildman–Crippen MR) is 159 cm³/mol. The van der Waals surface area contributed by atoms with Gasteiger partial charge in [-0.3, -0.25) is 9.88 Å².